The number of aromatic hydroxyl groups is 1. The van der Waals surface area contributed by atoms with Gasteiger partial charge < -0.3 is 20.9 Å². The molecule has 0 radical (unpaired) electrons. The number of hydrogen-bond acceptors (Lipinski definition) is 4. The third kappa shape index (κ3) is 7.27. The van der Waals surface area contributed by atoms with Crippen LogP contribution in [0.4, 0.5) is 4.79 Å². The molecule has 32 heavy (non-hydrogen) atoms. The number of phenolic OH excluding ortho intramolecular Hbond substituents is 1. The molecule has 5 heteroatoms. The fourth-order valence-electron chi connectivity index (χ4n) is 4.96. The minimum Gasteiger partial charge on any atom is -0.508 e. The van der Waals surface area contributed by atoms with E-state index in [0.29, 0.717) is 11.7 Å². The van der Waals surface area contributed by atoms with Crippen molar-refractivity contribution in [1.82, 2.24) is 5.32 Å². The van der Waals surface area contributed by atoms with Gasteiger partial charge in [0.05, 0.1) is 0 Å². The van der Waals surface area contributed by atoms with Crippen LogP contribution in [0.2, 0.25) is 0 Å². The summed E-state index contributed by atoms with van der Waals surface area (Å²) in [5.41, 5.74) is 7.03. The molecule has 1 saturated carbocycles. The molecule has 0 heterocycles. The molecule has 0 aliphatic heterocycles. The fraction of sp³-hybridized carbons (Fsp3) is 0.519. The van der Waals surface area contributed by atoms with Crippen molar-refractivity contribution < 1.29 is 14.6 Å². The molecule has 2 aromatic carbocycles. The Morgan fingerprint density at radius 2 is 1.50 bits per heavy atom. The number of hydrogen-bond donors (Lipinski definition) is 3. The Labute approximate surface area is 194 Å². The van der Waals surface area contributed by atoms with Crippen molar-refractivity contribution in [2.75, 3.05) is 14.1 Å². The predicted molar refractivity (Wildman–Crippen MR) is 133 cm³/mol. The average molecular weight is 443 g/mol. The van der Waals surface area contributed by atoms with Gasteiger partial charge in [-0.25, -0.2) is 4.79 Å². The van der Waals surface area contributed by atoms with Gasteiger partial charge in [0.2, 0.25) is 0 Å². The van der Waals surface area contributed by atoms with Crippen LogP contribution < -0.4 is 15.8 Å². The highest BCUT2D eigenvalue weighted by Crippen LogP contribution is 2.53. The van der Waals surface area contributed by atoms with Gasteiger partial charge in [-0.05, 0) is 73.0 Å². The van der Waals surface area contributed by atoms with Gasteiger partial charge in [-0.2, -0.15) is 0 Å². The van der Waals surface area contributed by atoms with Crippen LogP contribution in [0.1, 0.15) is 71.4 Å². The summed E-state index contributed by atoms with van der Waals surface area (Å²) in [6.07, 6.45) is 4.06. The van der Waals surface area contributed by atoms with Crippen molar-refractivity contribution in [2.45, 2.75) is 65.7 Å². The molecule has 2 atom stereocenters. The molecule has 0 aromatic heterocycles. The molecular formula is C27H42N2O3. The van der Waals surface area contributed by atoms with E-state index in [9.17, 15) is 9.90 Å². The van der Waals surface area contributed by atoms with Crippen LogP contribution in [0.5, 0.6) is 11.5 Å². The Morgan fingerprint density at radius 1 is 1.03 bits per heavy atom. The van der Waals surface area contributed by atoms with Gasteiger partial charge in [0.15, 0.2) is 0 Å². The SMILES string of the molecule is CCC.CN.CNC(=O)Oc1ccc(C2(c3ccc(O)cc3)CC(C)CC(C)(C)C2)cc1. The maximum atomic E-state index is 11.5. The number of benzene rings is 2. The van der Waals surface area contributed by atoms with Crippen molar-refractivity contribution in [1.29, 1.82) is 0 Å². The number of nitrogens with two attached hydrogens (primary N) is 1. The van der Waals surface area contributed by atoms with Gasteiger partial charge in [0.25, 0.3) is 0 Å². The number of rotatable bonds is 3. The maximum Gasteiger partial charge on any atom is 0.412 e. The smallest absolute Gasteiger partial charge is 0.412 e. The lowest BCUT2D eigenvalue weighted by Gasteiger charge is -2.48. The molecule has 5 nitrogen and oxygen atoms in total. The van der Waals surface area contributed by atoms with E-state index >= 15 is 0 Å². The van der Waals surface area contributed by atoms with E-state index < -0.39 is 6.09 Å². The zero-order valence-corrected chi connectivity index (χ0v) is 20.9. The van der Waals surface area contributed by atoms with Crippen LogP contribution in [0.15, 0.2) is 48.5 Å². The quantitative estimate of drug-likeness (QED) is 0.526. The largest absolute Gasteiger partial charge is 0.508 e. The minimum atomic E-state index is -0.469. The first-order valence-corrected chi connectivity index (χ1v) is 11.5. The third-order valence-electron chi connectivity index (χ3n) is 5.62. The van der Waals surface area contributed by atoms with E-state index in [-0.39, 0.29) is 16.6 Å². The van der Waals surface area contributed by atoms with Gasteiger partial charge in [-0.3, -0.25) is 0 Å². The Kier molecular flexibility index (Phi) is 10.7. The first kappa shape index (κ1) is 27.5. The molecule has 0 spiro atoms. The fourth-order valence-corrected chi connectivity index (χ4v) is 4.96. The number of phenols is 1. The van der Waals surface area contributed by atoms with Gasteiger partial charge in [-0.1, -0.05) is 65.3 Å². The van der Waals surface area contributed by atoms with E-state index in [4.69, 9.17) is 4.74 Å². The number of amides is 1. The molecule has 3 rings (SSSR count). The monoisotopic (exact) mass is 442 g/mol. The molecule has 4 N–H and O–H groups in total. The molecular weight excluding hydrogens is 400 g/mol. The molecule has 1 fully saturated rings. The molecule has 2 unspecified atom stereocenters. The minimum absolute atomic E-state index is 0.125. The summed E-state index contributed by atoms with van der Waals surface area (Å²) in [6.45, 7) is 11.2. The summed E-state index contributed by atoms with van der Waals surface area (Å²) >= 11 is 0. The number of carbonyl (C=O) groups is 1. The van der Waals surface area contributed by atoms with E-state index in [1.807, 2.05) is 24.3 Å². The van der Waals surface area contributed by atoms with Crippen molar-refractivity contribution in [3.8, 4) is 11.5 Å². The standard InChI is InChI=1S/C23H29NO3.C3H8.CH5N/c1-16-13-22(2,3)15-23(14-16,17-5-9-19(25)10-6-17)18-7-11-20(12-8-18)27-21(26)24-4;1-3-2;1-2/h5-12,16,25H,13-15H2,1-4H3,(H,24,26);3H2,1-2H3;2H2,1H3. The Balaban J connectivity index is 0.000000944. The first-order valence-electron chi connectivity index (χ1n) is 11.5. The maximum absolute atomic E-state index is 11.5. The lowest BCUT2D eigenvalue weighted by Crippen LogP contribution is -2.41. The van der Waals surface area contributed by atoms with Crippen LogP contribution in [0.3, 0.4) is 0 Å². The molecule has 0 bridgehead atoms. The highest BCUT2D eigenvalue weighted by molar-refractivity contribution is 5.69. The van der Waals surface area contributed by atoms with Gasteiger partial charge >= 0.3 is 6.09 Å². The molecule has 1 aliphatic carbocycles. The Morgan fingerprint density at radius 3 is 1.94 bits per heavy atom. The summed E-state index contributed by atoms with van der Waals surface area (Å²) in [5.74, 6) is 1.40. The second kappa shape index (κ2) is 12.5. The second-order valence-electron chi connectivity index (χ2n) is 9.35. The zero-order chi connectivity index (χ0) is 24.4. The first-order chi connectivity index (χ1) is 15.2. The number of ether oxygens (including phenoxy) is 1. The molecule has 0 saturated heterocycles. The summed E-state index contributed by atoms with van der Waals surface area (Å²) in [5, 5.41) is 12.2. The number of nitrogens with one attached hydrogen (secondary N) is 1. The van der Waals surface area contributed by atoms with Crippen LogP contribution in [0, 0.1) is 11.3 Å². The topological polar surface area (TPSA) is 84.6 Å². The third-order valence-corrected chi connectivity index (χ3v) is 5.62. The Hall–Kier alpha value is -2.53. The second-order valence-corrected chi connectivity index (χ2v) is 9.35. The number of carbonyl (C=O) groups excluding carboxylic acids is 1. The van der Waals surface area contributed by atoms with E-state index in [1.165, 1.54) is 31.0 Å². The van der Waals surface area contributed by atoms with Crippen LogP contribution in [0.25, 0.3) is 0 Å². The molecule has 178 valence electrons. The normalized spacial score (nSPS) is 21.2. The summed E-state index contributed by atoms with van der Waals surface area (Å²) in [7, 11) is 3.04. The van der Waals surface area contributed by atoms with Crippen LogP contribution in [-0.2, 0) is 5.41 Å². The van der Waals surface area contributed by atoms with Crippen LogP contribution >= 0.6 is 0 Å². The summed E-state index contributed by atoms with van der Waals surface area (Å²) in [6, 6.07) is 15.5. The summed E-state index contributed by atoms with van der Waals surface area (Å²) < 4.78 is 5.24. The average Bonchev–Trinajstić information content (AvgIpc) is 2.75. The molecule has 1 amide bonds. The van der Waals surface area contributed by atoms with Crippen molar-refractivity contribution in [2.24, 2.45) is 17.1 Å². The molecule has 2 aromatic rings. The van der Waals surface area contributed by atoms with Crippen molar-refractivity contribution >= 4 is 6.09 Å². The predicted octanol–water partition coefficient (Wildman–Crippen LogP) is 6.23. The van der Waals surface area contributed by atoms with E-state index in [2.05, 4.69) is 57.8 Å². The van der Waals surface area contributed by atoms with E-state index in [0.717, 1.165) is 12.8 Å². The lowest BCUT2D eigenvalue weighted by molar-refractivity contribution is 0.127. The van der Waals surface area contributed by atoms with Crippen molar-refractivity contribution in [3.63, 3.8) is 0 Å². The van der Waals surface area contributed by atoms with Gasteiger partial charge in [0, 0.05) is 12.5 Å². The van der Waals surface area contributed by atoms with Crippen LogP contribution in [-0.4, -0.2) is 25.3 Å². The van der Waals surface area contributed by atoms with Crippen molar-refractivity contribution in [3.05, 3.63) is 59.7 Å². The highest BCUT2D eigenvalue weighted by Gasteiger charge is 2.45. The van der Waals surface area contributed by atoms with Gasteiger partial charge in [0.1, 0.15) is 11.5 Å². The Bertz CT molecular complexity index is 816. The molecule has 1 aliphatic rings. The zero-order valence-electron chi connectivity index (χ0n) is 20.9. The van der Waals surface area contributed by atoms with Gasteiger partial charge in [-0.15, -0.1) is 0 Å². The van der Waals surface area contributed by atoms with E-state index in [1.54, 1.807) is 19.2 Å². The lowest BCUT2D eigenvalue weighted by atomic mass is 9.55. The highest BCUT2D eigenvalue weighted by atomic mass is 16.5. The summed E-state index contributed by atoms with van der Waals surface area (Å²) in [4.78, 5) is 11.5.